The van der Waals surface area contributed by atoms with Gasteiger partial charge in [0, 0.05) is 18.0 Å². The van der Waals surface area contributed by atoms with Crippen molar-refractivity contribution in [2.45, 2.75) is 0 Å². The first kappa shape index (κ1) is 15.3. The Balaban J connectivity index is 1.99. The third-order valence-corrected chi connectivity index (χ3v) is 3.81. The van der Waals surface area contributed by atoms with Crippen LogP contribution < -0.4 is 5.32 Å². The Bertz CT molecular complexity index is 1010. The SMILES string of the molecule is Cn1c(C(=O)Nc2ccc(C#N)cc2C(=O)O)cc2ccccc21. The third kappa shape index (κ3) is 2.59. The van der Waals surface area contributed by atoms with E-state index in [4.69, 9.17) is 5.26 Å². The molecular weight excluding hydrogens is 306 g/mol. The number of carboxylic acids is 1. The van der Waals surface area contributed by atoms with E-state index in [-0.39, 0.29) is 16.8 Å². The first-order valence-electron chi connectivity index (χ1n) is 7.14. The van der Waals surface area contributed by atoms with Crippen molar-refractivity contribution in [3.8, 4) is 6.07 Å². The topological polar surface area (TPSA) is 95.1 Å². The largest absolute Gasteiger partial charge is 0.478 e. The highest BCUT2D eigenvalue weighted by atomic mass is 16.4. The van der Waals surface area contributed by atoms with Gasteiger partial charge in [0.2, 0.25) is 0 Å². The highest BCUT2D eigenvalue weighted by Gasteiger charge is 2.17. The Morgan fingerprint density at radius 3 is 2.58 bits per heavy atom. The van der Waals surface area contributed by atoms with Gasteiger partial charge >= 0.3 is 5.97 Å². The normalized spacial score (nSPS) is 10.3. The predicted octanol–water partition coefficient (Wildman–Crippen LogP) is 3.00. The lowest BCUT2D eigenvalue weighted by atomic mass is 10.1. The van der Waals surface area contributed by atoms with Gasteiger partial charge in [0.1, 0.15) is 5.69 Å². The van der Waals surface area contributed by atoms with Crippen LogP contribution in [0.15, 0.2) is 48.5 Å². The van der Waals surface area contributed by atoms with Gasteiger partial charge in [-0.1, -0.05) is 18.2 Å². The maximum atomic E-state index is 12.5. The number of nitrogens with zero attached hydrogens (tertiary/aromatic N) is 2. The smallest absolute Gasteiger partial charge is 0.337 e. The van der Waals surface area contributed by atoms with Gasteiger partial charge in [0.15, 0.2) is 0 Å². The summed E-state index contributed by atoms with van der Waals surface area (Å²) < 4.78 is 1.74. The number of amides is 1. The number of carboxylic acid groups (broad SMARTS) is 1. The number of carbonyl (C=O) groups excluding carboxylic acids is 1. The second-order valence-electron chi connectivity index (χ2n) is 5.28. The van der Waals surface area contributed by atoms with E-state index >= 15 is 0 Å². The van der Waals surface area contributed by atoms with E-state index in [1.165, 1.54) is 18.2 Å². The molecule has 1 heterocycles. The van der Waals surface area contributed by atoms with Crippen molar-refractivity contribution < 1.29 is 14.7 Å². The zero-order chi connectivity index (χ0) is 17.3. The Labute approximate surface area is 137 Å². The molecule has 1 aromatic heterocycles. The molecular formula is C18H13N3O3. The number of aromatic nitrogens is 1. The number of nitriles is 1. The van der Waals surface area contributed by atoms with E-state index in [9.17, 15) is 14.7 Å². The molecule has 6 nitrogen and oxygen atoms in total. The highest BCUT2D eigenvalue weighted by Crippen LogP contribution is 2.22. The molecule has 24 heavy (non-hydrogen) atoms. The average molecular weight is 319 g/mol. The highest BCUT2D eigenvalue weighted by molar-refractivity contribution is 6.09. The van der Waals surface area contributed by atoms with Crippen molar-refractivity contribution >= 4 is 28.5 Å². The molecule has 0 atom stereocenters. The first-order chi connectivity index (χ1) is 11.5. The fourth-order valence-electron chi connectivity index (χ4n) is 2.59. The number of aryl methyl sites for hydroxylation is 1. The minimum atomic E-state index is -1.21. The van der Waals surface area contributed by atoms with Crippen LogP contribution in [0.3, 0.4) is 0 Å². The summed E-state index contributed by atoms with van der Waals surface area (Å²) >= 11 is 0. The van der Waals surface area contributed by atoms with Gasteiger partial charge in [-0.2, -0.15) is 5.26 Å². The lowest BCUT2D eigenvalue weighted by Crippen LogP contribution is -2.17. The number of para-hydroxylation sites is 1. The molecule has 6 heteroatoms. The molecule has 0 saturated carbocycles. The molecule has 0 fully saturated rings. The number of aromatic carboxylic acids is 1. The van der Waals surface area contributed by atoms with E-state index < -0.39 is 11.9 Å². The van der Waals surface area contributed by atoms with E-state index in [1.54, 1.807) is 17.7 Å². The van der Waals surface area contributed by atoms with Gasteiger partial charge < -0.3 is 15.0 Å². The van der Waals surface area contributed by atoms with Gasteiger partial charge in [0.25, 0.3) is 5.91 Å². The lowest BCUT2D eigenvalue weighted by molar-refractivity contribution is 0.0698. The molecule has 118 valence electrons. The van der Waals surface area contributed by atoms with Crippen molar-refractivity contribution in [2.24, 2.45) is 7.05 Å². The summed E-state index contributed by atoms with van der Waals surface area (Å²) in [6.07, 6.45) is 0. The molecule has 0 spiro atoms. The van der Waals surface area contributed by atoms with E-state index in [1.807, 2.05) is 30.3 Å². The van der Waals surface area contributed by atoms with E-state index in [0.717, 1.165) is 10.9 Å². The van der Waals surface area contributed by atoms with Crippen LogP contribution in [-0.4, -0.2) is 21.6 Å². The average Bonchev–Trinajstić information content (AvgIpc) is 2.92. The van der Waals surface area contributed by atoms with Gasteiger partial charge in [0.05, 0.1) is 22.9 Å². The van der Waals surface area contributed by atoms with Crippen molar-refractivity contribution in [3.05, 3.63) is 65.4 Å². The summed E-state index contributed by atoms with van der Waals surface area (Å²) in [5.41, 5.74) is 1.56. The maximum Gasteiger partial charge on any atom is 0.337 e. The van der Waals surface area contributed by atoms with Crippen LogP contribution in [0.2, 0.25) is 0 Å². The van der Waals surface area contributed by atoms with Crippen molar-refractivity contribution in [3.63, 3.8) is 0 Å². The van der Waals surface area contributed by atoms with Crippen LogP contribution in [0.25, 0.3) is 10.9 Å². The van der Waals surface area contributed by atoms with Crippen molar-refractivity contribution in [2.75, 3.05) is 5.32 Å². The van der Waals surface area contributed by atoms with E-state index in [2.05, 4.69) is 5.32 Å². The fraction of sp³-hybridized carbons (Fsp3) is 0.0556. The number of benzene rings is 2. The van der Waals surface area contributed by atoms with Gasteiger partial charge in [-0.3, -0.25) is 4.79 Å². The summed E-state index contributed by atoms with van der Waals surface area (Å²) in [6, 6.07) is 15.3. The Hall–Kier alpha value is -3.59. The van der Waals surface area contributed by atoms with E-state index in [0.29, 0.717) is 5.69 Å². The molecule has 0 saturated heterocycles. The zero-order valence-electron chi connectivity index (χ0n) is 12.8. The summed E-state index contributed by atoms with van der Waals surface area (Å²) in [7, 11) is 1.77. The van der Waals surface area contributed by atoms with Crippen molar-refractivity contribution in [1.29, 1.82) is 5.26 Å². The minimum Gasteiger partial charge on any atom is -0.478 e. The Morgan fingerprint density at radius 2 is 1.92 bits per heavy atom. The minimum absolute atomic E-state index is 0.124. The Kier molecular flexibility index (Phi) is 3.76. The van der Waals surface area contributed by atoms with Crippen LogP contribution in [0.5, 0.6) is 0 Å². The molecule has 2 aromatic carbocycles. The van der Waals surface area contributed by atoms with Gasteiger partial charge in [-0.25, -0.2) is 4.79 Å². The molecule has 3 aromatic rings. The number of rotatable bonds is 3. The van der Waals surface area contributed by atoms with Crippen LogP contribution in [0, 0.1) is 11.3 Å². The first-order valence-corrected chi connectivity index (χ1v) is 7.14. The molecule has 0 aliphatic rings. The molecule has 1 amide bonds. The quantitative estimate of drug-likeness (QED) is 0.775. The number of hydrogen-bond acceptors (Lipinski definition) is 3. The van der Waals surface area contributed by atoms with Crippen molar-refractivity contribution in [1.82, 2.24) is 4.57 Å². The third-order valence-electron chi connectivity index (χ3n) is 3.81. The Morgan fingerprint density at radius 1 is 1.17 bits per heavy atom. The standard InChI is InChI=1S/C18H13N3O3/c1-21-15-5-3-2-4-12(15)9-16(21)17(22)20-14-7-6-11(10-19)8-13(14)18(23)24/h2-9H,1H3,(H,20,22)(H,23,24). The number of fused-ring (bicyclic) bond motifs is 1. The number of carbonyl (C=O) groups is 2. The number of hydrogen-bond donors (Lipinski definition) is 2. The second-order valence-corrected chi connectivity index (χ2v) is 5.28. The molecule has 0 radical (unpaired) electrons. The van der Waals surface area contributed by atoms with Crippen LogP contribution in [0.4, 0.5) is 5.69 Å². The summed E-state index contributed by atoms with van der Waals surface area (Å²) in [5, 5.41) is 21.7. The summed E-state index contributed by atoms with van der Waals surface area (Å²) in [5.74, 6) is -1.62. The summed E-state index contributed by atoms with van der Waals surface area (Å²) in [6.45, 7) is 0. The summed E-state index contributed by atoms with van der Waals surface area (Å²) in [4.78, 5) is 23.9. The fourth-order valence-corrected chi connectivity index (χ4v) is 2.59. The van der Waals surface area contributed by atoms with Crippen LogP contribution in [0.1, 0.15) is 26.4 Å². The molecule has 0 unspecified atom stereocenters. The van der Waals surface area contributed by atoms with Gasteiger partial charge in [-0.15, -0.1) is 0 Å². The lowest BCUT2D eigenvalue weighted by Gasteiger charge is -2.09. The maximum absolute atomic E-state index is 12.5. The second kappa shape index (κ2) is 5.89. The molecule has 0 aliphatic carbocycles. The molecule has 0 bridgehead atoms. The van der Waals surface area contributed by atoms with Crippen LogP contribution >= 0.6 is 0 Å². The molecule has 0 aliphatic heterocycles. The predicted molar refractivity (Wildman–Crippen MR) is 89.0 cm³/mol. The number of nitrogens with one attached hydrogen (secondary N) is 1. The van der Waals surface area contributed by atoms with Crippen LogP contribution in [-0.2, 0) is 7.05 Å². The number of anilines is 1. The zero-order valence-corrected chi connectivity index (χ0v) is 12.8. The molecule has 3 rings (SSSR count). The molecule has 2 N–H and O–H groups in total. The monoisotopic (exact) mass is 319 g/mol. The van der Waals surface area contributed by atoms with Gasteiger partial charge in [-0.05, 0) is 30.3 Å².